The number of aromatic nitrogens is 2. The van der Waals surface area contributed by atoms with E-state index in [9.17, 15) is 33.0 Å². The van der Waals surface area contributed by atoms with E-state index in [-0.39, 0.29) is 28.7 Å². The van der Waals surface area contributed by atoms with Crippen molar-refractivity contribution >= 4 is 45.1 Å². The van der Waals surface area contributed by atoms with E-state index in [2.05, 4.69) is 28.5 Å². The van der Waals surface area contributed by atoms with E-state index in [1.807, 2.05) is 0 Å². The molecule has 0 spiro atoms. The van der Waals surface area contributed by atoms with Gasteiger partial charge in [0.25, 0.3) is 15.9 Å². The highest BCUT2D eigenvalue weighted by atomic mass is 32.2. The number of rotatable bonds is 31. The van der Waals surface area contributed by atoms with E-state index in [4.69, 9.17) is 4.74 Å². The van der Waals surface area contributed by atoms with Gasteiger partial charge in [0.1, 0.15) is 10.6 Å². The molecule has 3 aromatic rings. The Balaban J connectivity index is 1.52. The number of hydrogen-bond acceptors (Lipinski definition) is 8. The number of amidine groups is 1. The van der Waals surface area contributed by atoms with Crippen LogP contribution in [0.2, 0.25) is 0 Å². The van der Waals surface area contributed by atoms with E-state index >= 15 is 0 Å². The lowest BCUT2D eigenvalue weighted by Gasteiger charge is -2.35. The molecule has 1 aromatic heterocycles. The first kappa shape index (κ1) is 48.0. The van der Waals surface area contributed by atoms with Gasteiger partial charge in [-0.1, -0.05) is 167 Å². The zero-order valence-electron chi connectivity index (χ0n) is 35.8. The summed E-state index contributed by atoms with van der Waals surface area (Å²) >= 11 is 0. The van der Waals surface area contributed by atoms with Crippen molar-refractivity contribution < 1.29 is 37.8 Å². The number of carbonyl (C=O) groups excluding carboxylic acids is 1. The second-order valence-corrected chi connectivity index (χ2v) is 17.4. The summed E-state index contributed by atoms with van der Waals surface area (Å²) in [6.07, 6.45) is 26.2. The molecule has 3 N–H and O–H groups in total. The van der Waals surface area contributed by atoms with Gasteiger partial charge in [-0.3, -0.25) is 4.79 Å². The van der Waals surface area contributed by atoms with Crippen LogP contribution in [-0.2, 0) is 14.8 Å². The molecular formula is C46H67N5O8S. The number of carboxylic acids is 2. The van der Waals surface area contributed by atoms with Gasteiger partial charge in [0.15, 0.2) is 23.3 Å². The number of anilines is 2. The minimum absolute atomic E-state index is 0.0492. The zero-order valence-corrected chi connectivity index (χ0v) is 36.6. The highest BCUT2D eigenvalue weighted by molar-refractivity contribution is 7.90. The molecule has 1 amide bonds. The first-order valence-corrected chi connectivity index (χ1v) is 23.8. The number of amides is 1. The van der Waals surface area contributed by atoms with Crippen LogP contribution in [0.5, 0.6) is 5.75 Å². The molecule has 0 aliphatic carbocycles. The summed E-state index contributed by atoms with van der Waals surface area (Å²) < 4.78 is 38.7. The summed E-state index contributed by atoms with van der Waals surface area (Å²) in [4.78, 5) is 44.9. The maximum atomic E-state index is 14.7. The molecule has 1 aliphatic rings. The van der Waals surface area contributed by atoms with Gasteiger partial charge in [0.05, 0.1) is 24.3 Å². The fourth-order valence-electron chi connectivity index (χ4n) is 7.75. The smallest absolute Gasteiger partial charge is 0.357 e. The van der Waals surface area contributed by atoms with Crippen molar-refractivity contribution in [2.45, 2.75) is 166 Å². The van der Waals surface area contributed by atoms with Gasteiger partial charge in [-0.25, -0.2) is 14.6 Å². The largest absolute Gasteiger partial charge is 0.491 e. The number of nitrogens with one attached hydrogen (secondary N) is 1. The van der Waals surface area contributed by atoms with Gasteiger partial charge in [-0.15, -0.1) is 4.40 Å². The monoisotopic (exact) mass is 849 g/mol. The Morgan fingerprint density at radius 2 is 1.20 bits per heavy atom. The third-order valence-corrected chi connectivity index (χ3v) is 12.4. The molecule has 14 heteroatoms. The second kappa shape index (κ2) is 25.8. The number of benzene rings is 2. The molecule has 330 valence electrons. The Labute approximate surface area is 357 Å². The summed E-state index contributed by atoms with van der Waals surface area (Å²) in [5, 5.41) is 23.0. The predicted molar refractivity (Wildman–Crippen MR) is 237 cm³/mol. The Kier molecular flexibility index (Phi) is 20.6. The second-order valence-electron chi connectivity index (χ2n) is 15.8. The number of fused-ring (bicyclic) bond motifs is 1. The minimum atomic E-state index is -4.37. The summed E-state index contributed by atoms with van der Waals surface area (Å²) in [6.45, 7) is 5.12. The molecule has 13 nitrogen and oxygen atoms in total. The summed E-state index contributed by atoms with van der Waals surface area (Å²) in [5.74, 6) is -4.01. The number of sulfonamides is 1. The average molecular weight is 850 g/mol. The zero-order chi connectivity index (χ0) is 43.2. The maximum Gasteiger partial charge on any atom is 0.357 e. The van der Waals surface area contributed by atoms with Crippen LogP contribution in [0.1, 0.15) is 182 Å². The van der Waals surface area contributed by atoms with Crippen molar-refractivity contribution in [1.29, 1.82) is 0 Å². The van der Waals surface area contributed by atoms with Crippen LogP contribution < -0.4 is 15.0 Å². The number of hydrogen-bond donors (Lipinski definition) is 3. The van der Waals surface area contributed by atoms with Gasteiger partial charge in [-0.05, 0) is 37.1 Å². The number of unbranched alkanes of at least 4 members (excludes halogenated alkanes) is 20. The molecule has 0 saturated carbocycles. The van der Waals surface area contributed by atoms with Crippen LogP contribution in [0.25, 0.3) is 0 Å². The van der Waals surface area contributed by atoms with Gasteiger partial charge in [0.2, 0.25) is 0 Å². The quantitative estimate of drug-likeness (QED) is 0.0527. The highest BCUT2D eigenvalue weighted by Crippen LogP contribution is 2.36. The topological polar surface area (TPSA) is 180 Å². The first-order chi connectivity index (χ1) is 29.1. The average Bonchev–Trinajstić information content (AvgIpc) is 3.67. The van der Waals surface area contributed by atoms with E-state index in [0.717, 1.165) is 55.8 Å². The van der Waals surface area contributed by atoms with Crippen molar-refractivity contribution in [2.24, 2.45) is 4.40 Å². The number of imidazole rings is 1. The van der Waals surface area contributed by atoms with Gasteiger partial charge < -0.3 is 29.7 Å². The highest BCUT2D eigenvalue weighted by Gasteiger charge is 2.41. The van der Waals surface area contributed by atoms with E-state index < -0.39 is 45.3 Å². The van der Waals surface area contributed by atoms with Crippen molar-refractivity contribution in [1.82, 2.24) is 9.55 Å². The summed E-state index contributed by atoms with van der Waals surface area (Å²) in [6, 6.07) is 11.4. The van der Waals surface area contributed by atoms with Gasteiger partial charge in [0, 0.05) is 6.54 Å². The number of para-hydroxylation sites is 3. The molecule has 0 radical (unpaired) electrons. The molecule has 1 unspecified atom stereocenters. The van der Waals surface area contributed by atoms with E-state index in [0.29, 0.717) is 18.8 Å². The Bertz CT molecular complexity index is 1950. The number of carboxylic acid groups (broad SMARTS) is 2. The van der Waals surface area contributed by atoms with E-state index in [1.54, 1.807) is 47.4 Å². The lowest BCUT2D eigenvalue weighted by atomic mass is 10.1. The minimum Gasteiger partial charge on any atom is -0.491 e. The molecule has 0 saturated heterocycles. The number of nitrogens with zero attached hydrogens (tertiary/aromatic N) is 4. The van der Waals surface area contributed by atoms with Crippen molar-refractivity contribution in [3.05, 3.63) is 66.2 Å². The number of carbonyl (C=O) groups is 3. The molecule has 60 heavy (non-hydrogen) atoms. The number of ether oxygens (including phenoxy) is 1. The van der Waals surface area contributed by atoms with Crippen LogP contribution >= 0.6 is 0 Å². The molecule has 0 bridgehead atoms. The van der Waals surface area contributed by atoms with Crippen LogP contribution in [0, 0.1) is 0 Å². The molecule has 0 fully saturated rings. The van der Waals surface area contributed by atoms with Gasteiger partial charge in [-0.2, -0.15) is 8.42 Å². The van der Waals surface area contributed by atoms with Gasteiger partial charge >= 0.3 is 11.9 Å². The maximum absolute atomic E-state index is 14.7. The van der Waals surface area contributed by atoms with Crippen LogP contribution in [0.15, 0.2) is 64.2 Å². The Morgan fingerprint density at radius 1 is 0.683 bits per heavy atom. The molecule has 2 heterocycles. The third kappa shape index (κ3) is 14.5. The fourth-order valence-corrected chi connectivity index (χ4v) is 8.98. The van der Waals surface area contributed by atoms with E-state index in [1.165, 1.54) is 96.0 Å². The molecule has 1 aliphatic heterocycles. The van der Waals surface area contributed by atoms with Crippen LogP contribution in [0.4, 0.5) is 11.4 Å². The fraction of sp³-hybridized carbons (Fsp3) is 0.587. The molecule has 4 rings (SSSR count). The Morgan fingerprint density at radius 3 is 1.77 bits per heavy atom. The lowest BCUT2D eigenvalue weighted by molar-refractivity contribution is -0.117. The van der Waals surface area contributed by atoms with Crippen LogP contribution in [0.3, 0.4) is 0 Å². The lowest BCUT2D eigenvalue weighted by Crippen LogP contribution is -2.46. The van der Waals surface area contributed by atoms with Crippen molar-refractivity contribution in [3.8, 4) is 5.75 Å². The van der Waals surface area contributed by atoms with Crippen LogP contribution in [-0.4, -0.2) is 65.0 Å². The third-order valence-electron chi connectivity index (χ3n) is 11.0. The normalized spacial score (nSPS) is 13.7. The molecular weight excluding hydrogens is 783 g/mol. The first-order valence-electron chi connectivity index (χ1n) is 22.4. The Hall–Kier alpha value is -4.72. The summed E-state index contributed by atoms with van der Waals surface area (Å²) in [7, 11) is -4.37. The SMILES string of the molecule is CCCCCCCCCCCCCCOc1ccccc1NC(=O)C(C1=NS(=O)(=O)c2ccccc2N1CCCCCCCCCCCC)n1cnc(C(=O)O)c1C(=O)O. The molecule has 1 atom stereocenters. The van der Waals surface area contributed by atoms with Crippen molar-refractivity contribution in [2.75, 3.05) is 23.4 Å². The van der Waals surface area contributed by atoms with Crippen molar-refractivity contribution in [3.63, 3.8) is 0 Å². The standard InChI is InChI=1S/C46H67N5O8S/c1-3-5-7-9-11-13-15-16-18-20-22-28-34-59-38-31-25-23-29-36(38)48-44(52)42(51-35-47-40(45(53)54)41(51)46(55)56)43-49-60(57,58)39-32-26-24-30-37(39)50(43)33-27-21-19-17-14-12-10-8-6-4-2/h23-26,29-32,35,42H,3-22,27-28,33-34H2,1-2H3,(H,48,52)(H,53,54)(H,55,56). The number of aromatic carboxylic acids is 2. The summed E-state index contributed by atoms with van der Waals surface area (Å²) in [5.41, 5.74) is -1.02. The molecule has 2 aromatic carbocycles. The predicted octanol–water partition coefficient (Wildman–Crippen LogP) is 11.1.